The first-order valence-electron chi connectivity index (χ1n) is 7.27. The first kappa shape index (κ1) is 16.2. The Morgan fingerprint density at radius 2 is 2.00 bits per heavy atom. The van der Waals surface area contributed by atoms with Gasteiger partial charge in [-0.05, 0) is 26.6 Å². The number of nitrogens with two attached hydrogens (primary N) is 1. The van der Waals surface area contributed by atoms with Gasteiger partial charge in [0.25, 0.3) is 0 Å². The summed E-state index contributed by atoms with van der Waals surface area (Å²) in [6, 6.07) is 8.70. The Morgan fingerprint density at radius 3 is 2.64 bits per heavy atom. The molecule has 0 radical (unpaired) electrons. The van der Waals surface area contributed by atoms with Crippen LogP contribution in [0, 0.1) is 6.92 Å². The molecule has 0 saturated carbocycles. The van der Waals surface area contributed by atoms with Crippen molar-refractivity contribution >= 4 is 11.7 Å². The molecule has 1 heterocycles. The van der Waals surface area contributed by atoms with Gasteiger partial charge < -0.3 is 16.0 Å². The first-order chi connectivity index (χ1) is 10.5. The van der Waals surface area contributed by atoms with Gasteiger partial charge in [-0.3, -0.25) is 9.48 Å². The molecule has 6 nitrogen and oxygen atoms in total. The number of aryl methyl sites for hydroxylation is 1. The molecule has 1 aromatic carbocycles. The highest BCUT2D eigenvalue weighted by atomic mass is 16.2. The van der Waals surface area contributed by atoms with Gasteiger partial charge in [-0.2, -0.15) is 5.10 Å². The highest BCUT2D eigenvalue weighted by Gasteiger charge is 2.16. The fraction of sp³-hybridized carbons (Fsp3) is 0.375. The van der Waals surface area contributed by atoms with Crippen molar-refractivity contribution in [1.29, 1.82) is 0 Å². The Bertz CT molecular complexity index is 618. The lowest BCUT2D eigenvalue weighted by Gasteiger charge is -2.12. The SMILES string of the molecule is Cc1ccc(C(N)C(=O)Nc2ccn(CCN(C)C)n2)cc1. The van der Waals surface area contributed by atoms with Crippen LogP contribution in [0.3, 0.4) is 0 Å². The van der Waals surface area contributed by atoms with E-state index in [9.17, 15) is 4.79 Å². The third kappa shape index (κ3) is 4.41. The summed E-state index contributed by atoms with van der Waals surface area (Å²) in [6.07, 6.45) is 1.84. The minimum Gasteiger partial charge on any atom is -0.316 e. The molecule has 0 aliphatic carbocycles. The third-order valence-electron chi connectivity index (χ3n) is 3.39. The number of carbonyl (C=O) groups excluding carboxylic acids is 1. The Balaban J connectivity index is 1.95. The van der Waals surface area contributed by atoms with Crippen molar-refractivity contribution in [2.45, 2.75) is 19.5 Å². The van der Waals surface area contributed by atoms with Crippen LogP contribution >= 0.6 is 0 Å². The van der Waals surface area contributed by atoms with Gasteiger partial charge in [-0.15, -0.1) is 0 Å². The van der Waals surface area contributed by atoms with Gasteiger partial charge in [0.2, 0.25) is 5.91 Å². The number of hydrogen-bond donors (Lipinski definition) is 2. The fourth-order valence-corrected chi connectivity index (χ4v) is 1.98. The second-order valence-corrected chi connectivity index (χ2v) is 5.64. The molecule has 6 heteroatoms. The van der Waals surface area contributed by atoms with Gasteiger partial charge in [0.1, 0.15) is 6.04 Å². The molecule has 1 atom stereocenters. The number of likely N-dealkylation sites (N-methyl/N-ethyl adjacent to an activating group) is 1. The van der Waals surface area contributed by atoms with Crippen molar-refractivity contribution in [3.63, 3.8) is 0 Å². The van der Waals surface area contributed by atoms with E-state index in [1.807, 2.05) is 51.5 Å². The van der Waals surface area contributed by atoms with Crippen molar-refractivity contribution in [2.24, 2.45) is 5.73 Å². The fourth-order valence-electron chi connectivity index (χ4n) is 1.98. The Labute approximate surface area is 130 Å². The standard InChI is InChI=1S/C16H23N5O/c1-12-4-6-13(7-5-12)15(17)16(22)18-14-8-9-21(19-14)11-10-20(2)3/h4-9,15H,10-11,17H2,1-3H3,(H,18,19,22). The topological polar surface area (TPSA) is 76.2 Å². The zero-order valence-corrected chi connectivity index (χ0v) is 13.3. The number of benzene rings is 1. The maximum absolute atomic E-state index is 12.2. The quantitative estimate of drug-likeness (QED) is 0.845. The molecule has 0 aliphatic rings. The second-order valence-electron chi connectivity index (χ2n) is 5.64. The predicted molar refractivity (Wildman–Crippen MR) is 87.5 cm³/mol. The van der Waals surface area contributed by atoms with Gasteiger partial charge in [0, 0.05) is 18.8 Å². The van der Waals surface area contributed by atoms with Crippen LogP contribution in [0.1, 0.15) is 17.2 Å². The summed E-state index contributed by atoms with van der Waals surface area (Å²) in [5, 5.41) is 7.07. The summed E-state index contributed by atoms with van der Waals surface area (Å²) < 4.78 is 1.80. The summed E-state index contributed by atoms with van der Waals surface area (Å²) >= 11 is 0. The Kier molecular flexibility index (Phi) is 5.30. The van der Waals surface area contributed by atoms with E-state index in [1.165, 1.54) is 0 Å². The summed E-state index contributed by atoms with van der Waals surface area (Å²) in [5.41, 5.74) is 7.91. The smallest absolute Gasteiger partial charge is 0.247 e. The van der Waals surface area contributed by atoms with E-state index in [4.69, 9.17) is 5.73 Å². The van der Waals surface area contributed by atoms with E-state index in [2.05, 4.69) is 15.3 Å². The molecule has 0 fully saturated rings. The number of anilines is 1. The number of amides is 1. The molecule has 2 aromatic rings. The van der Waals surface area contributed by atoms with E-state index < -0.39 is 6.04 Å². The highest BCUT2D eigenvalue weighted by molar-refractivity contribution is 5.94. The molecule has 0 aliphatic heterocycles. The lowest BCUT2D eigenvalue weighted by Crippen LogP contribution is -2.28. The van der Waals surface area contributed by atoms with Gasteiger partial charge in [0.15, 0.2) is 5.82 Å². The molecule has 22 heavy (non-hydrogen) atoms. The summed E-state index contributed by atoms with van der Waals surface area (Å²) in [5.74, 6) is 0.257. The minimum absolute atomic E-state index is 0.262. The van der Waals surface area contributed by atoms with E-state index in [1.54, 1.807) is 10.7 Å². The number of aromatic nitrogens is 2. The molecular formula is C16H23N5O. The normalized spacial score (nSPS) is 12.4. The molecule has 1 aromatic heterocycles. The average molecular weight is 301 g/mol. The third-order valence-corrected chi connectivity index (χ3v) is 3.39. The summed E-state index contributed by atoms with van der Waals surface area (Å²) in [4.78, 5) is 14.3. The minimum atomic E-state index is -0.701. The number of nitrogens with one attached hydrogen (secondary N) is 1. The second kappa shape index (κ2) is 7.20. The monoisotopic (exact) mass is 301 g/mol. The van der Waals surface area contributed by atoms with Crippen LogP contribution in [0.2, 0.25) is 0 Å². The number of hydrogen-bond acceptors (Lipinski definition) is 4. The van der Waals surface area contributed by atoms with Crippen molar-refractivity contribution in [3.8, 4) is 0 Å². The molecule has 0 saturated heterocycles. The van der Waals surface area contributed by atoms with Crippen molar-refractivity contribution < 1.29 is 4.79 Å². The van der Waals surface area contributed by atoms with Gasteiger partial charge in [0.05, 0.1) is 6.54 Å². The van der Waals surface area contributed by atoms with Gasteiger partial charge in [-0.25, -0.2) is 0 Å². The maximum Gasteiger partial charge on any atom is 0.247 e. The summed E-state index contributed by atoms with van der Waals surface area (Å²) in [6.45, 7) is 3.65. The molecule has 0 spiro atoms. The molecule has 118 valence electrons. The van der Waals surface area contributed by atoms with Crippen LogP contribution in [0.25, 0.3) is 0 Å². The van der Waals surface area contributed by atoms with Crippen LogP contribution in [-0.2, 0) is 11.3 Å². The van der Waals surface area contributed by atoms with E-state index >= 15 is 0 Å². The summed E-state index contributed by atoms with van der Waals surface area (Å²) in [7, 11) is 4.01. The Hall–Kier alpha value is -2.18. The number of carbonyl (C=O) groups is 1. The lowest BCUT2D eigenvalue weighted by molar-refractivity contribution is -0.117. The predicted octanol–water partition coefficient (Wildman–Crippen LogP) is 1.39. The van der Waals surface area contributed by atoms with Gasteiger partial charge >= 0.3 is 0 Å². The zero-order valence-electron chi connectivity index (χ0n) is 13.3. The number of rotatable bonds is 6. The maximum atomic E-state index is 12.2. The molecule has 2 rings (SSSR count). The van der Waals surface area contributed by atoms with Crippen molar-refractivity contribution in [2.75, 3.05) is 26.0 Å². The largest absolute Gasteiger partial charge is 0.316 e. The molecular weight excluding hydrogens is 278 g/mol. The van der Waals surface area contributed by atoms with Gasteiger partial charge in [-0.1, -0.05) is 29.8 Å². The number of nitrogens with zero attached hydrogens (tertiary/aromatic N) is 3. The van der Waals surface area contributed by atoms with Crippen LogP contribution in [0.5, 0.6) is 0 Å². The van der Waals surface area contributed by atoms with Crippen LogP contribution in [0.4, 0.5) is 5.82 Å². The van der Waals surface area contributed by atoms with E-state index in [0.717, 1.165) is 24.2 Å². The van der Waals surface area contributed by atoms with Crippen LogP contribution in [0.15, 0.2) is 36.5 Å². The van der Waals surface area contributed by atoms with Crippen LogP contribution in [-0.4, -0.2) is 41.2 Å². The zero-order chi connectivity index (χ0) is 16.1. The van der Waals surface area contributed by atoms with E-state index in [-0.39, 0.29) is 5.91 Å². The highest BCUT2D eigenvalue weighted by Crippen LogP contribution is 2.13. The Morgan fingerprint density at radius 1 is 1.32 bits per heavy atom. The lowest BCUT2D eigenvalue weighted by atomic mass is 10.1. The molecule has 3 N–H and O–H groups in total. The molecule has 1 unspecified atom stereocenters. The van der Waals surface area contributed by atoms with Crippen molar-refractivity contribution in [3.05, 3.63) is 47.7 Å². The van der Waals surface area contributed by atoms with Crippen LogP contribution < -0.4 is 11.1 Å². The van der Waals surface area contributed by atoms with Crippen molar-refractivity contribution in [1.82, 2.24) is 14.7 Å². The average Bonchev–Trinajstić information content (AvgIpc) is 2.92. The molecule has 1 amide bonds. The first-order valence-corrected chi connectivity index (χ1v) is 7.27. The molecule has 0 bridgehead atoms. The van der Waals surface area contributed by atoms with E-state index in [0.29, 0.717) is 5.82 Å².